The molecular formula is C22H22N2O7. The van der Waals surface area contributed by atoms with Crippen LogP contribution in [0.5, 0.6) is 17.2 Å². The average molecular weight is 426 g/mol. The van der Waals surface area contributed by atoms with E-state index in [-0.39, 0.29) is 23.0 Å². The number of amides is 2. The number of urea groups is 1. The summed E-state index contributed by atoms with van der Waals surface area (Å²) in [5.41, 5.74) is 1.35. The summed E-state index contributed by atoms with van der Waals surface area (Å²) in [6.45, 7) is -0.722. The second-order valence-corrected chi connectivity index (χ2v) is 6.45. The van der Waals surface area contributed by atoms with Crippen LogP contribution in [-0.2, 0) is 9.53 Å². The molecule has 0 aliphatic carbocycles. The molecule has 3 rings (SSSR count). The van der Waals surface area contributed by atoms with Gasteiger partial charge in [-0.25, -0.2) is 4.79 Å². The van der Waals surface area contributed by atoms with Crippen molar-refractivity contribution in [2.45, 2.75) is 6.04 Å². The van der Waals surface area contributed by atoms with E-state index in [2.05, 4.69) is 10.6 Å². The smallest absolute Gasteiger partial charge is 0.322 e. The number of methoxy groups -OCH3 is 2. The highest BCUT2D eigenvalue weighted by Gasteiger charge is 2.33. The van der Waals surface area contributed by atoms with Gasteiger partial charge in [0.1, 0.15) is 5.75 Å². The Labute approximate surface area is 178 Å². The fourth-order valence-electron chi connectivity index (χ4n) is 3.08. The number of ether oxygens (including phenoxy) is 3. The molecule has 1 atom stereocenters. The summed E-state index contributed by atoms with van der Waals surface area (Å²) in [7, 11) is 2.96. The van der Waals surface area contributed by atoms with Gasteiger partial charge in [-0.2, -0.15) is 0 Å². The second kappa shape index (κ2) is 9.68. The Morgan fingerprint density at radius 3 is 2.52 bits per heavy atom. The summed E-state index contributed by atoms with van der Waals surface area (Å²) in [5, 5.41) is 24.0. The number of ketones is 1. The summed E-state index contributed by atoms with van der Waals surface area (Å²) in [6.07, 6.45) is 2.84. The van der Waals surface area contributed by atoms with Crippen LogP contribution in [-0.4, -0.2) is 43.0 Å². The molecule has 2 aromatic carbocycles. The number of aliphatic hydroxyl groups is 1. The molecule has 0 radical (unpaired) electrons. The lowest BCUT2D eigenvalue weighted by molar-refractivity contribution is -0.112. The molecule has 1 aliphatic heterocycles. The van der Waals surface area contributed by atoms with Gasteiger partial charge in [0.15, 0.2) is 24.1 Å². The molecule has 0 aromatic heterocycles. The predicted octanol–water partition coefficient (Wildman–Crippen LogP) is 2.22. The molecule has 2 amide bonds. The highest BCUT2D eigenvalue weighted by Crippen LogP contribution is 2.30. The van der Waals surface area contributed by atoms with Gasteiger partial charge in [-0.3, -0.25) is 10.1 Å². The first-order valence-electron chi connectivity index (χ1n) is 9.25. The number of hydrogen-bond donors (Lipinski definition) is 4. The third-order valence-corrected chi connectivity index (χ3v) is 4.59. The fourth-order valence-corrected chi connectivity index (χ4v) is 3.08. The van der Waals surface area contributed by atoms with E-state index in [1.807, 2.05) is 0 Å². The van der Waals surface area contributed by atoms with Gasteiger partial charge in [-0.1, -0.05) is 24.3 Å². The summed E-state index contributed by atoms with van der Waals surface area (Å²) in [4.78, 5) is 25.2. The van der Waals surface area contributed by atoms with Crippen molar-refractivity contribution in [2.75, 3.05) is 21.0 Å². The van der Waals surface area contributed by atoms with Crippen LogP contribution in [0.4, 0.5) is 4.79 Å². The summed E-state index contributed by atoms with van der Waals surface area (Å²) in [5.74, 6) is 0.273. The van der Waals surface area contributed by atoms with Crippen LogP contribution in [0.2, 0.25) is 0 Å². The van der Waals surface area contributed by atoms with E-state index in [9.17, 15) is 19.8 Å². The van der Waals surface area contributed by atoms with Crippen LogP contribution >= 0.6 is 0 Å². The highest BCUT2D eigenvalue weighted by molar-refractivity contribution is 6.09. The van der Waals surface area contributed by atoms with E-state index in [1.165, 1.54) is 32.4 Å². The monoisotopic (exact) mass is 426 g/mol. The zero-order valence-electron chi connectivity index (χ0n) is 16.9. The number of phenols is 1. The van der Waals surface area contributed by atoms with E-state index >= 15 is 0 Å². The number of benzene rings is 2. The number of nitrogens with one attached hydrogen (secondary N) is 2. The second-order valence-electron chi connectivity index (χ2n) is 6.45. The standard InChI is InChI=1S/C22H22N2O7/c1-29-15-7-5-14(6-8-15)20-19(21(31-12-25)24-22(28)23-20)17(27)10-4-13-3-9-16(26)18(11-13)30-2/h3-11,20,25-26H,12H2,1-2H3,(H2,23,24,28)/b10-4+. The Morgan fingerprint density at radius 1 is 1.13 bits per heavy atom. The number of allylic oxidation sites excluding steroid dienone is 1. The van der Waals surface area contributed by atoms with Gasteiger partial charge in [0, 0.05) is 0 Å². The normalized spacial score (nSPS) is 16.0. The minimum atomic E-state index is -0.812. The minimum Gasteiger partial charge on any atom is -0.504 e. The largest absolute Gasteiger partial charge is 0.504 e. The number of phenolic OH excluding ortho intramolecular Hbond substituents is 1. The van der Waals surface area contributed by atoms with Gasteiger partial charge in [0.2, 0.25) is 5.88 Å². The Bertz CT molecular complexity index is 1030. The summed E-state index contributed by atoms with van der Waals surface area (Å²) in [6, 6.07) is 10.1. The molecule has 2 aromatic rings. The topological polar surface area (TPSA) is 126 Å². The Hall–Kier alpha value is -3.98. The number of aromatic hydroxyl groups is 1. The number of rotatable bonds is 8. The zero-order chi connectivity index (χ0) is 22.4. The first-order valence-corrected chi connectivity index (χ1v) is 9.25. The molecule has 1 heterocycles. The van der Waals surface area contributed by atoms with E-state index in [0.717, 1.165) is 0 Å². The lowest BCUT2D eigenvalue weighted by Gasteiger charge is -2.28. The van der Waals surface area contributed by atoms with E-state index in [4.69, 9.17) is 14.2 Å². The molecular weight excluding hydrogens is 404 g/mol. The number of carbonyl (C=O) groups is 2. The third kappa shape index (κ3) is 4.96. The van der Waals surface area contributed by atoms with Gasteiger partial charge in [0.05, 0.1) is 25.8 Å². The molecule has 0 bridgehead atoms. The SMILES string of the molecule is COc1ccc(C2NC(=O)NC(OCO)=C2C(=O)/C=C/c2ccc(O)c(OC)c2)cc1. The van der Waals surface area contributed by atoms with E-state index < -0.39 is 24.6 Å². The van der Waals surface area contributed by atoms with Crippen molar-refractivity contribution < 1.29 is 34.0 Å². The molecule has 162 valence electrons. The summed E-state index contributed by atoms with van der Waals surface area (Å²) < 4.78 is 15.3. The van der Waals surface area contributed by atoms with Crippen molar-refractivity contribution in [1.29, 1.82) is 0 Å². The van der Waals surface area contributed by atoms with Crippen molar-refractivity contribution in [1.82, 2.24) is 10.6 Å². The maximum Gasteiger partial charge on any atom is 0.322 e. The van der Waals surface area contributed by atoms with Gasteiger partial charge < -0.3 is 29.7 Å². The van der Waals surface area contributed by atoms with Crippen LogP contribution in [0.25, 0.3) is 6.08 Å². The van der Waals surface area contributed by atoms with Crippen LogP contribution in [0, 0.1) is 0 Å². The molecule has 0 saturated heterocycles. The first-order chi connectivity index (χ1) is 15.0. The molecule has 0 saturated carbocycles. The zero-order valence-corrected chi connectivity index (χ0v) is 16.9. The first kappa shape index (κ1) is 21.7. The van der Waals surface area contributed by atoms with E-state index in [1.54, 1.807) is 36.4 Å². The Morgan fingerprint density at radius 2 is 1.87 bits per heavy atom. The van der Waals surface area contributed by atoms with Crippen LogP contribution in [0.1, 0.15) is 17.2 Å². The van der Waals surface area contributed by atoms with Crippen molar-refractivity contribution in [3.05, 3.63) is 71.1 Å². The molecule has 0 spiro atoms. The Balaban J connectivity index is 1.97. The molecule has 9 heteroatoms. The lowest BCUT2D eigenvalue weighted by atomic mass is 9.94. The van der Waals surface area contributed by atoms with Crippen LogP contribution in [0.15, 0.2) is 60.0 Å². The maximum atomic E-state index is 13.1. The van der Waals surface area contributed by atoms with Gasteiger partial charge in [-0.05, 0) is 41.5 Å². The van der Waals surface area contributed by atoms with Gasteiger partial charge >= 0.3 is 6.03 Å². The molecule has 0 fully saturated rings. The van der Waals surface area contributed by atoms with E-state index in [0.29, 0.717) is 16.9 Å². The fraction of sp³-hybridized carbons (Fsp3) is 0.182. The third-order valence-electron chi connectivity index (χ3n) is 4.59. The molecule has 1 unspecified atom stereocenters. The van der Waals surface area contributed by atoms with Crippen molar-refractivity contribution in [2.24, 2.45) is 0 Å². The minimum absolute atomic E-state index is 0.0221. The number of carbonyl (C=O) groups excluding carboxylic acids is 2. The van der Waals surface area contributed by atoms with Crippen LogP contribution < -0.4 is 20.1 Å². The average Bonchev–Trinajstić information content (AvgIpc) is 2.78. The molecule has 4 N–H and O–H groups in total. The highest BCUT2D eigenvalue weighted by atomic mass is 16.6. The number of hydrogen-bond acceptors (Lipinski definition) is 7. The molecule has 31 heavy (non-hydrogen) atoms. The quantitative estimate of drug-likeness (QED) is 0.377. The Kier molecular flexibility index (Phi) is 6.78. The van der Waals surface area contributed by atoms with Crippen molar-refractivity contribution in [3.63, 3.8) is 0 Å². The lowest BCUT2D eigenvalue weighted by Crippen LogP contribution is -2.46. The van der Waals surface area contributed by atoms with Gasteiger partial charge in [0.25, 0.3) is 0 Å². The van der Waals surface area contributed by atoms with Crippen molar-refractivity contribution in [3.8, 4) is 17.2 Å². The predicted molar refractivity (Wildman–Crippen MR) is 111 cm³/mol. The summed E-state index contributed by atoms with van der Waals surface area (Å²) >= 11 is 0. The number of aliphatic hydroxyl groups excluding tert-OH is 1. The van der Waals surface area contributed by atoms with Crippen molar-refractivity contribution >= 4 is 17.9 Å². The molecule has 9 nitrogen and oxygen atoms in total. The molecule has 1 aliphatic rings. The van der Waals surface area contributed by atoms with Crippen LogP contribution in [0.3, 0.4) is 0 Å². The maximum absolute atomic E-state index is 13.1. The van der Waals surface area contributed by atoms with Gasteiger partial charge in [-0.15, -0.1) is 0 Å².